The molecule has 0 aliphatic rings. The smallest absolute Gasteiger partial charge is 0.0705 e. The number of hydrogen-bond donors (Lipinski definition) is 1. The van der Waals surface area contributed by atoms with Gasteiger partial charge in [0, 0.05) is 23.3 Å². The summed E-state index contributed by atoms with van der Waals surface area (Å²) in [6.45, 7) is 9.23. The van der Waals surface area contributed by atoms with Crippen molar-refractivity contribution in [3.63, 3.8) is 0 Å². The van der Waals surface area contributed by atoms with E-state index in [1.54, 1.807) is 0 Å². The number of nitrogens with zero attached hydrogens (tertiary/aromatic N) is 2. The Balaban J connectivity index is 2.33. The molecule has 0 fully saturated rings. The van der Waals surface area contributed by atoms with Gasteiger partial charge in [-0.1, -0.05) is 17.7 Å². The molecule has 2 rings (SSSR count). The lowest BCUT2D eigenvalue weighted by molar-refractivity contribution is 0.424. The molecule has 4 heteroatoms. The molecule has 19 heavy (non-hydrogen) atoms. The molecule has 3 nitrogen and oxygen atoms in total. The Bertz CT molecular complexity index is 567. The van der Waals surface area contributed by atoms with Crippen LogP contribution in [0.5, 0.6) is 0 Å². The molecule has 1 heterocycles. The molecule has 0 amide bonds. The highest BCUT2D eigenvalue weighted by Gasteiger charge is 2.12. The van der Waals surface area contributed by atoms with Crippen molar-refractivity contribution in [3.05, 3.63) is 46.7 Å². The predicted molar refractivity (Wildman–Crippen MR) is 79.9 cm³/mol. The molecule has 0 unspecified atom stereocenters. The monoisotopic (exact) mass is 277 g/mol. The van der Waals surface area contributed by atoms with Crippen molar-refractivity contribution in [2.75, 3.05) is 0 Å². The van der Waals surface area contributed by atoms with Gasteiger partial charge in [0.15, 0.2) is 0 Å². The summed E-state index contributed by atoms with van der Waals surface area (Å²) in [6, 6.07) is 7.91. The first kappa shape index (κ1) is 14.1. The van der Waals surface area contributed by atoms with E-state index < -0.39 is 0 Å². The van der Waals surface area contributed by atoms with Crippen molar-refractivity contribution in [1.29, 1.82) is 0 Å². The van der Waals surface area contributed by atoms with E-state index in [-0.39, 0.29) is 5.54 Å². The minimum atomic E-state index is 0.0803. The molecule has 1 aromatic carbocycles. The van der Waals surface area contributed by atoms with Crippen molar-refractivity contribution in [2.24, 2.45) is 0 Å². The zero-order chi connectivity index (χ0) is 14.0. The summed E-state index contributed by atoms with van der Waals surface area (Å²) >= 11 is 6.10. The fraction of sp³-hybridized carbons (Fsp3) is 0.400. The van der Waals surface area contributed by atoms with Gasteiger partial charge in [-0.25, -0.2) is 4.68 Å². The van der Waals surface area contributed by atoms with Gasteiger partial charge in [0.2, 0.25) is 0 Å². The van der Waals surface area contributed by atoms with Crippen LogP contribution in [-0.4, -0.2) is 15.3 Å². The van der Waals surface area contributed by atoms with Gasteiger partial charge >= 0.3 is 0 Å². The molecule has 0 bridgehead atoms. The van der Waals surface area contributed by atoms with Crippen LogP contribution in [0.25, 0.3) is 5.69 Å². The quantitative estimate of drug-likeness (QED) is 0.927. The summed E-state index contributed by atoms with van der Waals surface area (Å²) in [7, 11) is 0. The van der Waals surface area contributed by atoms with Crippen LogP contribution in [0.3, 0.4) is 0 Å². The number of aromatic nitrogens is 2. The topological polar surface area (TPSA) is 29.9 Å². The van der Waals surface area contributed by atoms with Gasteiger partial charge in [-0.2, -0.15) is 5.10 Å². The average molecular weight is 278 g/mol. The molecular formula is C15H20ClN3. The van der Waals surface area contributed by atoms with Crippen LogP contribution in [0.1, 0.15) is 32.0 Å². The van der Waals surface area contributed by atoms with Crippen molar-refractivity contribution >= 4 is 11.6 Å². The normalized spacial score (nSPS) is 11.8. The third-order valence-corrected chi connectivity index (χ3v) is 3.06. The van der Waals surface area contributed by atoms with E-state index >= 15 is 0 Å². The van der Waals surface area contributed by atoms with Gasteiger partial charge in [0.1, 0.15) is 0 Å². The Kier molecular flexibility index (Phi) is 3.97. The van der Waals surface area contributed by atoms with Gasteiger partial charge in [-0.05, 0) is 51.5 Å². The van der Waals surface area contributed by atoms with Gasteiger partial charge < -0.3 is 5.32 Å². The highest BCUT2D eigenvalue weighted by atomic mass is 35.5. The minimum Gasteiger partial charge on any atom is -0.308 e. The molecule has 102 valence electrons. The average Bonchev–Trinajstić information content (AvgIpc) is 2.73. The third kappa shape index (κ3) is 3.82. The Labute approximate surface area is 119 Å². The van der Waals surface area contributed by atoms with Crippen LogP contribution in [0.2, 0.25) is 5.02 Å². The molecule has 0 radical (unpaired) electrons. The molecule has 0 aliphatic carbocycles. The first-order valence-corrected chi connectivity index (χ1v) is 6.79. The maximum absolute atomic E-state index is 6.10. The van der Waals surface area contributed by atoms with E-state index in [0.717, 1.165) is 22.9 Å². The SMILES string of the molecule is Cc1ccn(-c2cc(Cl)ccc2CNC(C)(C)C)n1. The number of nitrogens with one attached hydrogen (secondary N) is 1. The van der Waals surface area contributed by atoms with Gasteiger partial charge in [-0.3, -0.25) is 0 Å². The fourth-order valence-electron chi connectivity index (χ4n) is 1.81. The number of halogens is 1. The van der Waals surface area contributed by atoms with Crippen LogP contribution in [0.15, 0.2) is 30.5 Å². The van der Waals surface area contributed by atoms with Crippen LogP contribution in [0.4, 0.5) is 0 Å². The zero-order valence-corrected chi connectivity index (χ0v) is 12.6. The molecule has 2 aromatic rings. The second-order valence-corrected chi connectivity index (χ2v) is 6.21. The van der Waals surface area contributed by atoms with Crippen molar-refractivity contribution < 1.29 is 0 Å². The lowest BCUT2D eigenvalue weighted by Crippen LogP contribution is -2.35. The summed E-state index contributed by atoms with van der Waals surface area (Å²) in [5.74, 6) is 0. The summed E-state index contributed by atoms with van der Waals surface area (Å²) in [6.07, 6.45) is 1.96. The fourth-order valence-corrected chi connectivity index (χ4v) is 1.98. The van der Waals surface area contributed by atoms with E-state index in [0.29, 0.717) is 0 Å². The zero-order valence-electron chi connectivity index (χ0n) is 11.9. The third-order valence-electron chi connectivity index (χ3n) is 2.83. The standard InChI is InChI=1S/C15H20ClN3/c1-11-7-8-19(18-11)14-9-13(16)6-5-12(14)10-17-15(2,3)4/h5-9,17H,10H2,1-4H3. The number of aryl methyl sites for hydroxylation is 1. The Morgan fingerprint density at radius 3 is 2.58 bits per heavy atom. The molecular weight excluding hydrogens is 258 g/mol. The largest absolute Gasteiger partial charge is 0.308 e. The van der Waals surface area contributed by atoms with E-state index in [1.165, 1.54) is 5.56 Å². The van der Waals surface area contributed by atoms with Gasteiger partial charge in [-0.15, -0.1) is 0 Å². The summed E-state index contributed by atoms with van der Waals surface area (Å²) in [5.41, 5.74) is 3.28. The molecule has 0 aliphatic heterocycles. The van der Waals surface area contributed by atoms with E-state index in [4.69, 9.17) is 11.6 Å². The summed E-state index contributed by atoms with van der Waals surface area (Å²) in [5, 5.41) is 8.67. The first-order valence-electron chi connectivity index (χ1n) is 6.41. The van der Waals surface area contributed by atoms with Gasteiger partial charge in [0.25, 0.3) is 0 Å². The maximum Gasteiger partial charge on any atom is 0.0705 e. The Morgan fingerprint density at radius 2 is 2.00 bits per heavy atom. The Hall–Kier alpha value is -1.32. The van der Waals surface area contributed by atoms with Crippen molar-refractivity contribution in [2.45, 2.75) is 39.8 Å². The predicted octanol–water partition coefficient (Wildman–Crippen LogP) is 3.72. The maximum atomic E-state index is 6.10. The molecule has 1 N–H and O–H groups in total. The van der Waals surface area contributed by atoms with Crippen LogP contribution in [0, 0.1) is 6.92 Å². The highest BCUT2D eigenvalue weighted by Crippen LogP contribution is 2.20. The number of rotatable bonds is 3. The van der Waals surface area contributed by atoms with E-state index in [9.17, 15) is 0 Å². The Morgan fingerprint density at radius 1 is 1.26 bits per heavy atom. The van der Waals surface area contributed by atoms with E-state index in [2.05, 4.69) is 31.2 Å². The molecule has 0 atom stereocenters. The van der Waals surface area contributed by atoms with E-state index in [1.807, 2.05) is 42.1 Å². The summed E-state index contributed by atoms with van der Waals surface area (Å²) in [4.78, 5) is 0. The van der Waals surface area contributed by atoms with Crippen LogP contribution < -0.4 is 5.32 Å². The van der Waals surface area contributed by atoms with Crippen molar-refractivity contribution in [3.8, 4) is 5.69 Å². The van der Waals surface area contributed by atoms with Crippen LogP contribution >= 0.6 is 11.6 Å². The van der Waals surface area contributed by atoms with Crippen LogP contribution in [-0.2, 0) is 6.54 Å². The van der Waals surface area contributed by atoms with Crippen molar-refractivity contribution in [1.82, 2.24) is 15.1 Å². The second-order valence-electron chi connectivity index (χ2n) is 5.78. The highest BCUT2D eigenvalue weighted by molar-refractivity contribution is 6.30. The summed E-state index contributed by atoms with van der Waals surface area (Å²) < 4.78 is 1.88. The molecule has 0 saturated heterocycles. The molecule has 0 spiro atoms. The molecule has 1 aromatic heterocycles. The number of benzene rings is 1. The lowest BCUT2D eigenvalue weighted by Gasteiger charge is -2.21. The first-order chi connectivity index (χ1) is 8.85. The second kappa shape index (κ2) is 5.35. The molecule has 0 saturated carbocycles. The minimum absolute atomic E-state index is 0.0803. The van der Waals surface area contributed by atoms with Gasteiger partial charge in [0.05, 0.1) is 11.4 Å². The lowest BCUT2D eigenvalue weighted by atomic mass is 10.1. The number of hydrogen-bond acceptors (Lipinski definition) is 2.